The second-order valence-corrected chi connectivity index (χ2v) is 8.30. The summed E-state index contributed by atoms with van der Waals surface area (Å²) in [6.45, 7) is 5.67. The summed E-state index contributed by atoms with van der Waals surface area (Å²) < 4.78 is 5.27. The summed E-state index contributed by atoms with van der Waals surface area (Å²) >= 11 is 1.58. The van der Waals surface area contributed by atoms with E-state index in [9.17, 15) is 4.79 Å². The number of rotatable bonds is 9. The van der Waals surface area contributed by atoms with Crippen LogP contribution >= 0.6 is 11.3 Å². The molecule has 3 heterocycles. The van der Waals surface area contributed by atoms with Crippen molar-refractivity contribution in [2.45, 2.75) is 19.3 Å². The van der Waals surface area contributed by atoms with Gasteiger partial charge in [-0.25, -0.2) is 0 Å². The standard InChI is InChI=1S/C22H27N5O2S/c28-20(9-4-10-21-24-22(25-29-21)19-8-5-17-30-19)23-11-12-26-13-15-27(16-14-26)18-6-2-1-3-7-18/h1-3,5-8,17H,4,9-16H2,(H,23,28). The molecule has 0 unspecified atom stereocenters. The number of hydrogen-bond acceptors (Lipinski definition) is 7. The molecule has 0 aliphatic carbocycles. The Bertz CT molecular complexity index is 905. The van der Waals surface area contributed by atoms with Gasteiger partial charge in [-0.1, -0.05) is 29.4 Å². The van der Waals surface area contributed by atoms with Crippen molar-refractivity contribution in [3.8, 4) is 10.7 Å². The van der Waals surface area contributed by atoms with Crippen molar-refractivity contribution in [2.75, 3.05) is 44.2 Å². The molecule has 2 aromatic heterocycles. The molecule has 30 heavy (non-hydrogen) atoms. The van der Waals surface area contributed by atoms with Crippen LogP contribution in [0.15, 0.2) is 52.4 Å². The van der Waals surface area contributed by atoms with Gasteiger partial charge < -0.3 is 14.7 Å². The fourth-order valence-corrected chi connectivity index (χ4v) is 4.22. The smallest absolute Gasteiger partial charge is 0.226 e. The summed E-state index contributed by atoms with van der Waals surface area (Å²) in [4.78, 5) is 22.3. The molecule has 1 aliphatic heterocycles. The third kappa shape index (κ3) is 5.67. The third-order valence-electron chi connectivity index (χ3n) is 5.25. The first-order valence-corrected chi connectivity index (χ1v) is 11.3. The Morgan fingerprint density at radius 3 is 2.70 bits per heavy atom. The van der Waals surface area contributed by atoms with Crippen molar-refractivity contribution in [2.24, 2.45) is 0 Å². The van der Waals surface area contributed by atoms with E-state index in [1.54, 1.807) is 11.3 Å². The monoisotopic (exact) mass is 425 g/mol. The molecule has 158 valence electrons. The summed E-state index contributed by atoms with van der Waals surface area (Å²) in [5, 5.41) is 9.01. The minimum atomic E-state index is 0.0796. The van der Waals surface area contributed by atoms with Crippen LogP contribution < -0.4 is 10.2 Å². The fourth-order valence-electron chi connectivity index (χ4n) is 3.57. The Labute approximate surface area is 180 Å². The van der Waals surface area contributed by atoms with E-state index in [1.165, 1.54) is 5.69 Å². The van der Waals surface area contributed by atoms with Gasteiger partial charge in [-0.15, -0.1) is 11.3 Å². The Hall–Kier alpha value is -2.71. The minimum Gasteiger partial charge on any atom is -0.369 e. The average molecular weight is 426 g/mol. The fraction of sp³-hybridized carbons (Fsp3) is 0.409. The lowest BCUT2D eigenvalue weighted by molar-refractivity contribution is -0.121. The lowest BCUT2D eigenvalue weighted by Crippen LogP contribution is -2.48. The van der Waals surface area contributed by atoms with E-state index in [1.807, 2.05) is 23.6 Å². The van der Waals surface area contributed by atoms with Crippen LogP contribution in [-0.4, -0.2) is 60.2 Å². The molecule has 0 radical (unpaired) electrons. The maximum atomic E-state index is 12.1. The van der Waals surface area contributed by atoms with Crippen molar-refractivity contribution >= 4 is 22.9 Å². The van der Waals surface area contributed by atoms with Crippen LogP contribution in [0.5, 0.6) is 0 Å². The van der Waals surface area contributed by atoms with Crippen LogP contribution in [-0.2, 0) is 11.2 Å². The van der Waals surface area contributed by atoms with Gasteiger partial charge in [-0.05, 0) is 30.0 Å². The van der Waals surface area contributed by atoms with Gasteiger partial charge in [0.25, 0.3) is 0 Å². The molecule has 1 aromatic carbocycles. The summed E-state index contributed by atoms with van der Waals surface area (Å²) in [5.41, 5.74) is 1.29. The summed E-state index contributed by atoms with van der Waals surface area (Å²) in [6, 6.07) is 14.5. The van der Waals surface area contributed by atoms with E-state index in [0.29, 0.717) is 37.5 Å². The third-order valence-corrected chi connectivity index (χ3v) is 6.11. The van der Waals surface area contributed by atoms with Gasteiger partial charge in [0.15, 0.2) is 0 Å². The van der Waals surface area contributed by atoms with Crippen molar-refractivity contribution in [3.63, 3.8) is 0 Å². The number of carbonyl (C=O) groups is 1. The molecule has 1 amide bonds. The molecule has 1 fully saturated rings. The van der Waals surface area contributed by atoms with E-state index in [4.69, 9.17) is 4.52 Å². The molecule has 1 aliphatic rings. The average Bonchev–Trinajstić information content (AvgIpc) is 3.47. The Kier molecular flexibility index (Phi) is 7.10. The quantitative estimate of drug-likeness (QED) is 0.568. The zero-order chi connectivity index (χ0) is 20.6. The zero-order valence-corrected chi connectivity index (χ0v) is 17.8. The highest BCUT2D eigenvalue weighted by Gasteiger charge is 2.17. The second kappa shape index (κ2) is 10.4. The Balaban J connectivity index is 1.09. The molecule has 4 rings (SSSR count). The number of benzene rings is 1. The van der Waals surface area contributed by atoms with Gasteiger partial charge >= 0.3 is 0 Å². The number of hydrogen-bond donors (Lipinski definition) is 1. The minimum absolute atomic E-state index is 0.0796. The van der Waals surface area contributed by atoms with Crippen molar-refractivity contribution in [1.29, 1.82) is 0 Å². The number of aromatic nitrogens is 2. The molecule has 0 atom stereocenters. The number of amides is 1. The molecular formula is C22H27N5O2S. The van der Waals surface area contributed by atoms with Crippen molar-refractivity contribution in [3.05, 3.63) is 53.7 Å². The number of aryl methyl sites for hydroxylation is 1. The number of nitrogens with zero attached hydrogens (tertiary/aromatic N) is 4. The predicted molar refractivity (Wildman–Crippen MR) is 119 cm³/mol. The van der Waals surface area contributed by atoms with Gasteiger partial charge in [-0.2, -0.15) is 4.98 Å². The van der Waals surface area contributed by atoms with Crippen LogP contribution in [0.3, 0.4) is 0 Å². The maximum absolute atomic E-state index is 12.1. The van der Waals surface area contributed by atoms with Crippen LogP contribution in [0.1, 0.15) is 18.7 Å². The molecule has 0 saturated carbocycles. The second-order valence-electron chi connectivity index (χ2n) is 7.36. The molecular weight excluding hydrogens is 398 g/mol. The predicted octanol–water partition coefficient (Wildman–Crippen LogP) is 3.06. The Morgan fingerprint density at radius 2 is 1.93 bits per heavy atom. The first kappa shape index (κ1) is 20.6. The first-order chi connectivity index (χ1) is 14.8. The molecule has 0 spiro atoms. The van der Waals surface area contributed by atoms with Gasteiger partial charge in [0, 0.05) is 57.8 Å². The number of thiophene rings is 1. The number of anilines is 1. The highest BCUT2D eigenvalue weighted by Crippen LogP contribution is 2.21. The number of carbonyl (C=O) groups excluding carboxylic acids is 1. The van der Waals surface area contributed by atoms with Gasteiger partial charge in [0.1, 0.15) is 0 Å². The van der Waals surface area contributed by atoms with E-state index in [0.717, 1.165) is 37.6 Å². The molecule has 8 heteroatoms. The maximum Gasteiger partial charge on any atom is 0.226 e. The Morgan fingerprint density at radius 1 is 1.10 bits per heavy atom. The molecule has 7 nitrogen and oxygen atoms in total. The summed E-state index contributed by atoms with van der Waals surface area (Å²) in [7, 11) is 0. The van der Waals surface area contributed by atoms with E-state index in [-0.39, 0.29) is 5.91 Å². The van der Waals surface area contributed by atoms with Gasteiger partial charge in [0.05, 0.1) is 4.88 Å². The summed E-state index contributed by atoms with van der Waals surface area (Å²) in [5.74, 6) is 1.29. The van der Waals surface area contributed by atoms with Gasteiger partial charge in [-0.3, -0.25) is 9.69 Å². The van der Waals surface area contributed by atoms with E-state index in [2.05, 4.69) is 49.5 Å². The van der Waals surface area contributed by atoms with Crippen molar-refractivity contribution in [1.82, 2.24) is 20.4 Å². The zero-order valence-electron chi connectivity index (χ0n) is 17.0. The molecule has 1 saturated heterocycles. The lowest BCUT2D eigenvalue weighted by Gasteiger charge is -2.36. The number of para-hydroxylation sites is 1. The summed E-state index contributed by atoms with van der Waals surface area (Å²) in [6.07, 6.45) is 1.79. The first-order valence-electron chi connectivity index (χ1n) is 10.4. The van der Waals surface area contributed by atoms with Crippen molar-refractivity contribution < 1.29 is 9.32 Å². The SMILES string of the molecule is O=C(CCCc1nc(-c2cccs2)no1)NCCN1CCN(c2ccccc2)CC1. The highest BCUT2D eigenvalue weighted by molar-refractivity contribution is 7.13. The molecule has 3 aromatic rings. The number of nitrogens with one attached hydrogen (secondary N) is 1. The van der Waals surface area contributed by atoms with Crippen LogP contribution in [0.25, 0.3) is 10.7 Å². The van der Waals surface area contributed by atoms with Gasteiger partial charge in [0.2, 0.25) is 17.6 Å². The van der Waals surface area contributed by atoms with Crippen LogP contribution in [0.4, 0.5) is 5.69 Å². The topological polar surface area (TPSA) is 74.5 Å². The molecule has 0 bridgehead atoms. The van der Waals surface area contributed by atoms with E-state index < -0.39 is 0 Å². The lowest BCUT2D eigenvalue weighted by atomic mass is 10.2. The van der Waals surface area contributed by atoms with Crippen LogP contribution in [0, 0.1) is 0 Å². The largest absolute Gasteiger partial charge is 0.369 e. The normalized spacial score (nSPS) is 14.7. The highest BCUT2D eigenvalue weighted by atomic mass is 32.1. The molecule has 1 N–H and O–H groups in total. The number of piperazine rings is 1. The van der Waals surface area contributed by atoms with E-state index >= 15 is 0 Å². The van der Waals surface area contributed by atoms with Crippen LogP contribution in [0.2, 0.25) is 0 Å².